The molecule has 0 saturated heterocycles. The van der Waals surface area contributed by atoms with E-state index in [1.54, 1.807) is 6.08 Å². The Hall–Kier alpha value is -1.62. The Kier molecular flexibility index (Phi) is 8.53. The van der Waals surface area contributed by atoms with Crippen LogP contribution < -0.4 is 0 Å². The first-order chi connectivity index (χ1) is 8.82. The van der Waals surface area contributed by atoms with E-state index in [1.807, 2.05) is 20.8 Å². The zero-order valence-electron chi connectivity index (χ0n) is 11.7. The van der Waals surface area contributed by atoms with Crippen molar-refractivity contribution in [3.8, 4) is 0 Å². The lowest BCUT2D eigenvalue weighted by Crippen LogP contribution is -2.25. The van der Waals surface area contributed by atoms with Crippen LogP contribution in [0, 0.1) is 0 Å². The Morgan fingerprint density at radius 2 is 1.84 bits per heavy atom. The minimum atomic E-state index is -1.60. The van der Waals surface area contributed by atoms with Gasteiger partial charge in [0, 0.05) is 0 Å². The number of carbonyl (C=O) groups excluding carboxylic acids is 1. The maximum Gasteiger partial charge on any atom is 0.335 e. The van der Waals surface area contributed by atoms with Crippen LogP contribution in [0.4, 0.5) is 0 Å². The number of carbonyl (C=O) groups is 2. The largest absolute Gasteiger partial charge is 0.481 e. The molecule has 0 heterocycles. The summed E-state index contributed by atoms with van der Waals surface area (Å²) in [6.45, 7) is 6.05. The predicted octanol–water partition coefficient (Wildman–Crippen LogP) is 2.06. The van der Waals surface area contributed by atoms with Gasteiger partial charge < -0.3 is 14.9 Å². The molecule has 19 heavy (non-hydrogen) atoms. The van der Waals surface area contributed by atoms with Crippen molar-refractivity contribution in [2.75, 3.05) is 6.61 Å². The number of aliphatic carboxylic acids is 1. The second-order valence-corrected chi connectivity index (χ2v) is 4.61. The highest BCUT2D eigenvalue weighted by Gasteiger charge is 2.19. The van der Waals surface area contributed by atoms with E-state index < -0.39 is 24.5 Å². The van der Waals surface area contributed by atoms with E-state index in [4.69, 9.17) is 9.84 Å². The fourth-order valence-electron chi connectivity index (χ4n) is 1.30. The van der Waals surface area contributed by atoms with Gasteiger partial charge in [-0.05, 0) is 39.7 Å². The van der Waals surface area contributed by atoms with E-state index >= 15 is 0 Å². The van der Waals surface area contributed by atoms with Gasteiger partial charge in [0.15, 0.2) is 6.10 Å². The van der Waals surface area contributed by atoms with E-state index in [1.165, 1.54) is 5.57 Å². The van der Waals surface area contributed by atoms with Crippen molar-refractivity contribution in [2.24, 2.45) is 0 Å². The van der Waals surface area contributed by atoms with Crippen LogP contribution in [0.1, 0.15) is 40.0 Å². The molecular weight excluding hydrogens is 248 g/mol. The number of rotatable bonds is 8. The molecule has 0 amide bonds. The van der Waals surface area contributed by atoms with E-state index in [9.17, 15) is 14.7 Å². The Balaban J connectivity index is 3.96. The third kappa shape index (κ3) is 10.0. The molecule has 1 atom stereocenters. The number of carboxylic acids is 1. The number of ether oxygens (including phenoxy) is 1. The van der Waals surface area contributed by atoms with E-state index in [-0.39, 0.29) is 6.61 Å². The summed E-state index contributed by atoms with van der Waals surface area (Å²) in [5, 5.41) is 17.6. The molecule has 0 aliphatic heterocycles. The summed E-state index contributed by atoms with van der Waals surface area (Å²) in [5.41, 5.74) is 2.34. The Morgan fingerprint density at radius 3 is 2.37 bits per heavy atom. The summed E-state index contributed by atoms with van der Waals surface area (Å²) in [6, 6.07) is 0. The molecule has 1 unspecified atom stereocenters. The number of allylic oxidation sites excluding steroid dienone is 3. The van der Waals surface area contributed by atoms with E-state index in [0.717, 1.165) is 18.4 Å². The molecule has 0 spiro atoms. The zero-order valence-corrected chi connectivity index (χ0v) is 11.7. The summed E-state index contributed by atoms with van der Waals surface area (Å²) in [5.74, 6) is -2.14. The van der Waals surface area contributed by atoms with Crippen molar-refractivity contribution in [2.45, 2.75) is 46.1 Å². The number of hydrogen-bond donors (Lipinski definition) is 2. The third-order valence-corrected chi connectivity index (χ3v) is 2.39. The smallest absolute Gasteiger partial charge is 0.335 e. The average Bonchev–Trinajstić information content (AvgIpc) is 2.27. The summed E-state index contributed by atoms with van der Waals surface area (Å²) in [4.78, 5) is 21.5. The Bertz CT molecular complexity index is 364. The van der Waals surface area contributed by atoms with Crippen molar-refractivity contribution in [3.05, 3.63) is 23.3 Å². The van der Waals surface area contributed by atoms with Gasteiger partial charge in [0.25, 0.3) is 0 Å². The van der Waals surface area contributed by atoms with Crippen LogP contribution in [0.25, 0.3) is 0 Å². The maximum absolute atomic E-state index is 11.2. The van der Waals surface area contributed by atoms with E-state index in [0.29, 0.717) is 0 Å². The number of carboxylic acid groups (broad SMARTS) is 1. The summed E-state index contributed by atoms with van der Waals surface area (Å²) in [6.07, 6.45) is 3.45. The second-order valence-electron chi connectivity index (χ2n) is 4.61. The zero-order chi connectivity index (χ0) is 14.8. The van der Waals surface area contributed by atoms with Crippen LogP contribution >= 0.6 is 0 Å². The lowest BCUT2D eigenvalue weighted by molar-refractivity contribution is -0.157. The summed E-state index contributed by atoms with van der Waals surface area (Å²) < 4.78 is 4.76. The molecule has 0 aromatic carbocycles. The van der Waals surface area contributed by atoms with Gasteiger partial charge in [-0.2, -0.15) is 0 Å². The lowest BCUT2D eigenvalue weighted by Gasteiger charge is -2.07. The van der Waals surface area contributed by atoms with E-state index in [2.05, 4.69) is 6.08 Å². The molecule has 0 aliphatic rings. The number of aliphatic hydroxyl groups excluding tert-OH is 1. The van der Waals surface area contributed by atoms with Crippen molar-refractivity contribution in [3.63, 3.8) is 0 Å². The molecule has 0 aromatic heterocycles. The second kappa shape index (κ2) is 9.33. The fourth-order valence-corrected chi connectivity index (χ4v) is 1.30. The average molecular weight is 270 g/mol. The van der Waals surface area contributed by atoms with Gasteiger partial charge in [0.1, 0.15) is 6.61 Å². The first-order valence-electron chi connectivity index (χ1n) is 6.18. The highest BCUT2D eigenvalue weighted by atomic mass is 16.5. The van der Waals surface area contributed by atoms with Crippen molar-refractivity contribution in [1.82, 2.24) is 0 Å². The van der Waals surface area contributed by atoms with Gasteiger partial charge in [0.05, 0.1) is 6.42 Å². The van der Waals surface area contributed by atoms with Crippen molar-refractivity contribution >= 4 is 11.9 Å². The van der Waals surface area contributed by atoms with Gasteiger partial charge in [-0.25, -0.2) is 4.79 Å². The van der Waals surface area contributed by atoms with Crippen LogP contribution in [0.2, 0.25) is 0 Å². The van der Waals surface area contributed by atoms with Gasteiger partial charge in [0.2, 0.25) is 0 Å². The molecule has 108 valence electrons. The molecule has 0 aromatic rings. The van der Waals surface area contributed by atoms with Crippen LogP contribution in [0.3, 0.4) is 0 Å². The van der Waals surface area contributed by atoms with Crippen molar-refractivity contribution < 1.29 is 24.5 Å². The molecule has 5 nitrogen and oxygen atoms in total. The molecule has 0 radical (unpaired) electrons. The molecule has 0 fully saturated rings. The predicted molar refractivity (Wildman–Crippen MR) is 71.6 cm³/mol. The quantitative estimate of drug-likeness (QED) is 0.521. The Labute approximate surface area is 113 Å². The standard InChI is InChI=1S/C14H22O5/c1-10(2)5-4-6-11(3)7-8-19-14(18)12(15)9-13(16)17/h5,7,12,15H,4,6,8-9H2,1-3H3,(H,16,17). The third-order valence-electron chi connectivity index (χ3n) is 2.39. The van der Waals surface area contributed by atoms with Crippen LogP contribution in [-0.4, -0.2) is 34.9 Å². The van der Waals surface area contributed by atoms with Crippen LogP contribution in [0.5, 0.6) is 0 Å². The maximum atomic E-state index is 11.2. The molecule has 0 aliphatic carbocycles. The SMILES string of the molecule is CC(C)=CCCC(C)=CCOC(=O)C(O)CC(=O)O. The van der Waals surface area contributed by atoms with Gasteiger partial charge in [-0.3, -0.25) is 4.79 Å². The van der Waals surface area contributed by atoms with Crippen LogP contribution in [0.15, 0.2) is 23.3 Å². The van der Waals surface area contributed by atoms with Gasteiger partial charge in [-0.1, -0.05) is 17.2 Å². The molecule has 2 N–H and O–H groups in total. The number of esters is 1. The molecule has 0 bridgehead atoms. The van der Waals surface area contributed by atoms with Gasteiger partial charge >= 0.3 is 11.9 Å². The first-order valence-corrected chi connectivity index (χ1v) is 6.18. The molecular formula is C14H22O5. The number of hydrogen-bond acceptors (Lipinski definition) is 4. The normalized spacial score (nSPS) is 12.7. The van der Waals surface area contributed by atoms with Crippen molar-refractivity contribution in [1.29, 1.82) is 0 Å². The topological polar surface area (TPSA) is 83.8 Å². The van der Waals surface area contributed by atoms with Gasteiger partial charge in [-0.15, -0.1) is 0 Å². The monoisotopic (exact) mass is 270 g/mol. The molecule has 5 heteroatoms. The molecule has 0 rings (SSSR count). The fraction of sp³-hybridized carbons (Fsp3) is 0.571. The lowest BCUT2D eigenvalue weighted by atomic mass is 10.1. The summed E-state index contributed by atoms with van der Waals surface area (Å²) >= 11 is 0. The number of aliphatic hydroxyl groups is 1. The summed E-state index contributed by atoms with van der Waals surface area (Å²) in [7, 11) is 0. The first kappa shape index (κ1) is 17.4. The highest BCUT2D eigenvalue weighted by molar-refractivity contribution is 5.80. The minimum Gasteiger partial charge on any atom is -0.481 e. The van der Waals surface area contributed by atoms with Crippen LogP contribution in [-0.2, 0) is 14.3 Å². The minimum absolute atomic E-state index is 0.0518. The molecule has 0 saturated carbocycles. The Morgan fingerprint density at radius 1 is 1.21 bits per heavy atom. The highest BCUT2D eigenvalue weighted by Crippen LogP contribution is 2.06.